The number of rotatable bonds is 5. The fourth-order valence-corrected chi connectivity index (χ4v) is 1.92. The van der Waals surface area contributed by atoms with Gasteiger partial charge in [-0.25, -0.2) is 4.79 Å². The molecule has 0 aliphatic rings. The summed E-state index contributed by atoms with van der Waals surface area (Å²) < 4.78 is 0. The van der Waals surface area contributed by atoms with Crippen molar-refractivity contribution < 1.29 is 19.6 Å². The first-order valence-electron chi connectivity index (χ1n) is 6.08. The third-order valence-corrected chi connectivity index (χ3v) is 2.95. The molecular formula is C15H11NO5. The number of aromatic carboxylic acids is 1. The maximum Gasteiger partial charge on any atom is 0.342 e. The zero-order valence-corrected chi connectivity index (χ0v) is 10.9. The average molecular weight is 285 g/mol. The van der Waals surface area contributed by atoms with E-state index in [1.807, 2.05) is 6.07 Å². The van der Waals surface area contributed by atoms with E-state index >= 15 is 0 Å². The SMILES string of the molecule is O=C(Cc1ccccc1)c1ccc([N+](=O)[O-])c(C(=O)O)c1. The highest BCUT2D eigenvalue weighted by atomic mass is 16.6. The summed E-state index contributed by atoms with van der Waals surface area (Å²) in [5.74, 6) is -1.73. The second-order valence-electron chi connectivity index (χ2n) is 4.38. The monoisotopic (exact) mass is 285 g/mol. The summed E-state index contributed by atoms with van der Waals surface area (Å²) in [6.07, 6.45) is 0.109. The van der Waals surface area contributed by atoms with Gasteiger partial charge in [0.1, 0.15) is 5.56 Å². The van der Waals surface area contributed by atoms with Gasteiger partial charge in [0.25, 0.3) is 5.69 Å². The highest BCUT2D eigenvalue weighted by molar-refractivity contribution is 6.01. The molecule has 0 bridgehead atoms. The van der Waals surface area contributed by atoms with Crippen molar-refractivity contribution in [2.75, 3.05) is 0 Å². The molecule has 0 radical (unpaired) electrons. The predicted octanol–water partition coefficient (Wildman–Crippen LogP) is 2.72. The molecule has 0 fully saturated rings. The number of carbonyl (C=O) groups is 2. The standard InChI is InChI=1S/C15H11NO5/c17-14(8-10-4-2-1-3-5-10)11-6-7-13(16(20)21)12(9-11)15(18)19/h1-7,9H,8H2,(H,18,19). The molecule has 0 atom stereocenters. The van der Waals surface area contributed by atoms with E-state index in [9.17, 15) is 19.7 Å². The zero-order valence-electron chi connectivity index (χ0n) is 10.9. The predicted molar refractivity (Wildman–Crippen MR) is 74.5 cm³/mol. The molecule has 0 amide bonds. The number of nitrogens with zero attached hydrogens (tertiary/aromatic N) is 1. The Morgan fingerprint density at radius 1 is 1.10 bits per heavy atom. The molecule has 0 spiro atoms. The van der Waals surface area contributed by atoms with Crippen LogP contribution >= 0.6 is 0 Å². The maximum absolute atomic E-state index is 12.1. The van der Waals surface area contributed by atoms with Crippen molar-refractivity contribution in [1.29, 1.82) is 0 Å². The number of Topliss-reactive ketones (excluding diaryl/α,β-unsaturated/α-hetero) is 1. The van der Waals surface area contributed by atoms with Crippen LogP contribution in [0.5, 0.6) is 0 Å². The van der Waals surface area contributed by atoms with Crippen LogP contribution in [0.25, 0.3) is 0 Å². The Hall–Kier alpha value is -3.02. The number of ketones is 1. The van der Waals surface area contributed by atoms with Crippen LogP contribution in [0.4, 0.5) is 5.69 Å². The largest absolute Gasteiger partial charge is 0.477 e. The molecule has 0 aromatic heterocycles. The van der Waals surface area contributed by atoms with Crippen molar-refractivity contribution in [3.63, 3.8) is 0 Å². The molecular weight excluding hydrogens is 274 g/mol. The van der Waals surface area contributed by atoms with E-state index in [4.69, 9.17) is 5.11 Å². The molecule has 106 valence electrons. The summed E-state index contributed by atoms with van der Waals surface area (Å²) in [6, 6.07) is 12.3. The number of carbonyl (C=O) groups excluding carboxylic acids is 1. The first-order valence-corrected chi connectivity index (χ1v) is 6.08. The van der Waals surface area contributed by atoms with Crippen molar-refractivity contribution in [3.8, 4) is 0 Å². The van der Waals surface area contributed by atoms with E-state index in [2.05, 4.69) is 0 Å². The van der Waals surface area contributed by atoms with Crippen molar-refractivity contribution >= 4 is 17.4 Å². The minimum absolute atomic E-state index is 0.109. The molecule has 0 unspecified atom stereocenters. The van der Waals surface area contributed by atoms with Crippen LogP contribution in [0, 0.1) is 10.1 Å². The fourth-order valence-electron chi connectivity index (χ4n) is 1.92. The molecule has 21 heavy (non-hydrogen) atoms. The lowest BCUT2D eigenvalue weighted by Gasteiger charge is -2.04. The Kier molecular flexibility index (Phi) is 4.08. The highest BCUT2D eigenvalue weighted by Crippen LogP contribution is 2.21. The zero-order chi connectivity index (χ0) is 15.4. The maximum atomic E-state index is 12.1. The summed E-state index contributed by atoms with van der Waals surface area (Å²) in [6.45, 7) is 0. The van der Waals surface area contributed by atoms with Crippen LogP contribution in [0.15, 0.2) is 48.5 Å². The van der Waals surface area contributed by atoms with Gasteiger partial charge >= 0.3 is 5.97 Å². The first-order chi connectivity index (χ1) is 9.99. The van der Waals surface area contributed by atoms with E-state index in [0.29, 0.717) is 0 Å². The number of carboxylic acids is 1. The molecule has 2 aromatic carbocycles. The van der Waals surface area contributed by atoms with Gasteiger partial charge in [-0.15, -0.1) is 0 Å². The summed E-state index contributed by atoms with van der Waals surface area (Å²) in [7, 11) is 0. The lowest BCUT2D eigenvalue weighted by atomic mass is 10.0. The van der Waals surface area contributed by atoms with Gasteiger partial charge < -0.3 is 5.11 Å². The Labute approximate surface area is 119 Å². The second kappa shape index (κ2) is 5.96. The number of nitro groups is 1. The third-order valence-electron chi connectivity index (χ3n) is 2.95. The van der Waals surface area contributed by atoms with Crippen LogP contribution in [0.3, 0.4) is 0 Å². The van der Waals surface area contributed by atoms with Crippen molar-refractivity contribution in [1.82, 2.24) is 0 Å². The molecule has 1 N–H and O–H groups in total. The normalized spacial score (nSPS) is 10.1. The minimum atomic E-state index is -1.43. The van der Waals surface area contributed by atoms with Crippen LogP contribution in [0.2, 0.25) is 0 Å². The Bertz CT molecular complexity index is 709. The van der Waals surface area contributed by atoms with Crippen molar-refractivity contribution in [3.05, 3.63) is 75.3 Å². The number of benzene rings is 2. The minimum Gasteiger partial charge on any atom is -0.477 e. The number of carboxylic acid groups (broad SMARTS) is 1. The Balaban J connectivity index is 2.32. The Morgan fingerprint density at radius 3 is 2.33 bits per heavy atom. The van der Waals surface area contributed by atoms with Gasteiger partial charge in [-0.3, -0.25) is 14.9 Å². The average Bonchev–Trinajstić information content (AvgIpc) is 2.47. The van der Waals surface area contributed by atoms with Gasteiger partial charge in [0.2, 0.25) is 0 Å². The molecule has 6 heteroatoms. The van der Waals surface area contributed by atoms with Gasteiger partial charge in [0.15, 0.2) is 5.78 Å². The van der Waals surface area contributed by atoms with Gasteiger partial charge in [-0.1, -0.05) is 30.3 Å². The fraction of sp³-hybridized carbons (Fsp3) is 0.0667. The summed E-state index contributed by atoms with van der Waals surface area (Å²) in [5, 5.41) is 19.8. The van der Waals surface area contributed by atoms with E-state index in [-0.39, 0.29) is 17.8 Å². The third kappa shape index (κ3) is 3.30. The molecule has 0 saturated heterocycles. The lowest BCUT2D eigenvalue weighted by molar-refractivity contribution is -0.385. The van der Waals surface area contributed by atoms with E-state index in [1.165, 1.54) is 6.07 Å². The van der Waals surface area contributed by atoms with Gasteiger partial charge in [0, 0.05) is 18.1 Å². The smallest absolute Gasteiger partial charge is 0.342 e. The molecule has 2 aromatic rings. The van der Waals surface area contributed by atoms with E-state index in [0.717, 1.165) is 17.7 Å². The molecule has 0 heterocycles. The van der Waals surface area contributed by atoms with Gasteiger partial charge in [0.05, 0.1) is 4.92 Å². The second-order valence-corrected chi connectivity index (χ2v) is 4.38. The summed E-state index contributed by atoms with van der Waals surface area (Å²) in [5.41, 5.74) is -0.0859. The lowest BCUT2D eigenvalue weighted by Crippen LogP contribution is -2.08. The van der Waals surface area contributed by atoms with E-state index in [1.54, 1.807) is 24.3 Å². The molecule has 0 aliphatic carbocycles. The molecule has 2 rings (SSSR count). The van der Waals surface area contributed by atoms with Crippen LogP contribution in [-0.2, 0) is 6.42 Å². The number of hydrogen-bond acceptors (Lipinski definition) is 4. The molecule has 0 aliphatic heterocycles. The quantitative estimate of drug-likeness (QED) is 0.517. The molecule has 6 nitrogen and oxygen atoms in total. The van der Waals surface area contributed by atoms with E-state index < -0.39 is 22.1 Å². The van der Waals surface area contributed by atoms with Crippen LogP contribution < -0.4 is 0 Å². The van der Waals surface area contributed by atoms with Gasteiger partial charge in [-0.05, 0) is 17.7 Å². The highest BCUT2D eigenvalue weighted by Gasteiger charge is 2.21. The first kappa shape index (κ1) is 14.4. The summed E-state index contributed by atoms with van der Waals surface area (Å²) in [4.78, 5) is 33.1. The topological polar surface area (TPSA) is 97.5 Å². The van der Waals surface area contributed by atoms with Crippen LogP contribution in [-0.4, -0.2) is 21.8 Å². The summed E-state index contributed by atoms with van der Waals surface area (Å²) >= 11 is 0. The Morgan fingerprint density at radius 2 is 1.76 bits per heavy atom. The van der Waals surface area contributed by atoms with Crippen LogP contribution in [0.1, 0.15) is 26.3 Å². The van der Waals surface area contributed by atoms with Crippen molar-refractivity contribution in [2.45, 2.75) is 6.42 Å². The molecule has 0 saturated carbocycles. The number of nitro benzene ring substituents is 1. The van der Waals surface area contributed by atoms with Gasteiger partial charge in [-0.2, -0.15) is 0 Å². The number of hydrogen-bond donors (Lipinski definition) is 1. The van der Waals surface area contributed by atoms with Crippen molar-refractivity contribution in [2.24, 2.45) is 0 Å².